The molecule has 0 atom stereocenters. The number of hydrogen-bond acceptors (Lipinski definition) is 3. The first-order valence-corrected chi connectivity index (χ1v) is 8.76. The topological polar surface area (TPSA) is 51.5 Å². The summed E-state index contributed by atoms with van der Waals surface area (Å²) >= 11 is 0. The summed E-state index contributed by atoms with van der Waals surface area (Å²) in [5.74, 6) is 1.85. The number of carbonyl (C=O) groups is 1. The van der Waals surface area contributed by atoms with E-state index in [1.165, 1.54) is 31.2 Å². The minimum Gasteiger partial charge on any atom is -0.484 e. The second-order valence-corrected chi connectivity index (χ2v) is 6.71. The Morgan fingerprint density at radius 3 is 2.87 bits per heavy atom. The predicted molar refractivity (Wildman–Crippen MR) is 88.7 cm³/mol. The van der Waals surface area contributed by atoms with E-state index in [1.807, 2.05) is 18.2 Å². The van der Waals surface area contributed by atoms with E-state index in [1.54, 1.807) is 0 Å². The third kappa shape index (κ3) is 3.07. The van der Waals surface area contributed by atoms with Gasteiger partial charge in [-0.3, -0.25) is 4.79 Å². The zero-order chi connectivity index (χ0) is 15.6. The largest absolute Gasteiger partial charge is 0.484 e. The fourth-order valence-corrected chi connectivity index (χ4v) is 3.82. The van der Waals surface area contributed by atoms with Crippen LogP contribution in [0.25, 0.3) is 11.0 Å². The van der Waals surface area contributed by atoms with Gasteiger partial charge in [-0.1, -0.05) is 12.8 Å². The molecule has 0 radical (unpaired) electrons. The van der Waals surface area contributed by atoms with Gasteiger partial charge < -0.3 is 14.5 Å². The molecule has 0 bridgehead atoms. The predicted octanol–water partition coefficient (Wildman–Crippen LogP) is 3.75. The van der Waals surface area contributed by atoms with Gasteiger partial charge in [-0.05, 0) is 50.3 Å². The van der Waals surface area contributed by atoms with Crippen molar-refractivity contribution in [2.75, 3.05) is 6.61 Å². The highest BCUT2D eigenvalue weighted by atomic mass is 16.5. The highest BCUT2D eigenvalue weighted by molar-refractivity contribution is 5.84. The molecule has 1 fully saturated rings. The fraction of sp³-hybridized carbons (Fsp3) is 0.526. The molecular formula is C19H23NO3. The van der Waals surface area contributed by atoms with E-state index < -0.39 is 0 Å². The monoisotopic (exact) mass is 313 g/mol. The maximum Gasteiger partial charge on any atom is 0.258 e. The number of hydrogen-bond donors (Lipinski definition) is 1. The Labute approximate surface area is 136 Å². The third-order valence-electron chi connectivity index (χ3n) is 5.02. The maximum atomic E-state index is 12.0. The van der Waals surface area contributed by atoms with E-state index in [0.717, 1.165) is 48.2 Å². The molecule has 2 aliphatic rings. The highest BCUT2D eigenvalue weighted by Crippen LogP contribution is 2.33. The quantitative estimate of drug-likeness (QED) is 0.935. The molecule has 0 unspecified atom stereocenters. The summed E-state index contributed by atoms with van der Waals surface area (Å²) in [6, 6.07) is 6.21. The molecule has 2 aliphatic carbocycles. The minimum absolute atomic E-state index is 0.0220. The Hall–Kier alpha value is -1.97. The van der Waals surface area contributed by atoms with Gasteiger partial charge in [0.25, 0.3) is 5.91 Å². The van der Waals surface area contributed by atoms with Gasteiger partial charge in [-0.15, -0.1) is 0 Å². The molecule has 1 amide bonds. The van der Waals surface area contributed by atoms with Gasteiger partial charge in [-0.2, -0.15) is 0 Å². The lowest BCUT2D eigenvalue weighted by Gasteiger charge is -2.12. The van der Waals surface area contributed by atoms with Gasteiger partial charge >= 0.3 is 0 Å². The van der Waals surface area contributed by atoms with Crippen molar-refractivity contribution < 1.29 is 13.9 Å². The van der Waals surface area contributed by atoms with Crippen molar-refractivity contribution in [1.29, 1.82) is 0 Å². The van der Waals surface area contributed by atoms with Crippen LogP contribution in [-0.4, -0.2) is 18.6 Å². The van der Waals surface area contributed by atoms with Crippen LogP contribution in [0.15, 0.2) is 22.6 Å². The standard InChI is InChI=1S/C19H23NO3/c21-19(20-13-5-1-2-6-13)12-22-14-9-10-18-16(11-14)15-7-3-4-8-17(15)23-18/h9-11,13H,1-8,12H2,(H,20,21). The van der Waals surface area contributed by atoms with E-state index in [4.69, 9.17) is 9.15 Å². The molecule has 4 rings (SSSR count). The van der Waals surface area contributed by atoms with Gasteiger partial charge in [0.1, 0.15) is 17.1 Å². The van der Waals surface area contributed by atoms with Crippen molar-refractivity contribution in [3.8, 4) is 5.75 Å². The van der Waals surface area contributed by atoms with Gasteiger partial charge in [0.05, 0.1) is 0 Å². The van der Waals surface area contributed by atoms with Crippen LogP contribution in [0.3, 0.4) is 0 Å². The number of furan rings is 1. The normalized spacial score (nSPS) is 18.1. The molecule has 4 heteroatoms. The number of rotatable bonds is 4. The lowest BCUT2D eigenvalue weighted by molar-refractivity contribution is -0.123. The smallest absolute Gasteiger partial charge is 0.258 e. The summed E-state index contributed by atoms with van der Waals surface area (Å²) in [5.41, 5.74) is 2.26. The number of benzene rings is 1. The number of carbonyl (C=O) groups excluding carboxylic acids is 1. The molecule has 0 aliphatic heterocycles. The van der Waals surface area contributed by atoms with Crippen LogP contribution in [0.1, 0.15) is 49.8 Å². The molecule has 0 spiro atoms. The zero-order valence-electron chi connectivity index (χ0n) is 13.4. The fourth-order valence-electron chi connectivity index (χ4n) is 3.82. The lowest BCUT2D eigenvalue weighted by Crippen LogP contribution is -2.36. The van der Waals surface area contributed by atoms with Gasteiger partial charge in [0, 0.05) is 23.4 Å². The maximum absolute atomic E-state index is 12.0. The zero-order valence-corrected chi connectivity index (χ0v) is 13.4. The average Bonchev–Trinajstić information content (AvgIpc) is 3.20. The van der Waals surface area contributed by atoms with Crippen molar-refractivity contribution in [2.24, 2.45) is 0 Å². The minimum atomic E-state index is -0.0220. The lowest BCUT2D eigenvalue weighted by atomic mass is 9.96. The Morgan fingerprint density at radius 1 is 1.17 bits per heavy atom. The summed E-state index contributed by atoms with van der Waals surface area (Å²) in [6.45, 7) is 0.0854. The number of fused-ring (bicyclic) bond motifs is 3. The average molecular weight is 313 g/mol. The van der Waals surface area contributed by atoms with Crippen LogP contribution < -0.4 is 10.1 Å². The Bertz CT molecular complexity index is 713. The molecule has 23 heavy (non-hydrogen) atoms. The molecule has 1 aromatic heterocycles. The molecule has 2 aromatic rings. The summed E-state index contributed by atoms with van der Waals surface area (Å²) < 4.78 is 11.6. The van der Waals surface area contributed by atoms with Crippen molar-refractivity contribution >= 4 is 16.9 Å². The first-order valence-electron chi connectivity index (χ1n) is 8.76. The molecule has 122 valence electrons. The van der Waals surface area contributed by atoms with E-state index in [-0.39, 0.29) is 12.5 Å². The van der Waals surface area contributed by atoms with Crippen molar-refractivity contribution in [1.82, 2.24) is 5.32 Å². The van der Waals surface area contributed by atoms with Crippen molar-refractivity contribution in [3.63, 3.8) is 0 Å². The first-order chi connectivity index (χ1) is 11.3. The summed E-state index contributed by atoms with van der Waals surface area (Å²) in [5, 5.41) is 4.20. The third-order valence-corrected chi connectivity index (χ3v) is 5.02. The number of nitrogens with one attached hydrogen (secondary N) is 1. The number of amides is 1. The molecule has 4 nitrogen and oxygen atoms in total. The molecule has 1 N–H and O–H groups in total. The summed E-state index contributed by atoms with van der Waals surface area (Å²) in [7, 11) is 0. The van der Waals surface area contributed by atoms with E-state index >= 15 is 0 Å². The van der Waals surface area contributed by atoms with Crippen molar-refractivity contribution in [3.05, 3.63) is 29.5 Å². The number of aryl methyl sites for hydroxylation is 2. The molecule has 1 aromatic carbocycles. The Balaban J connectivity index is 1.43. The van der Waals surface area contributed by atoms with Crippen LogP contribution in [0.4, 0.5) is 0 Å². The highest BCUT2D eigenvalue weighted by Gasteiger charge is 2.19. The van der Waals surface area contributed by atoms with Crippen LogP contribution in [-0.2, 0) is 17.6 Å². The Kier molecular flexibility index (Phi) is 3.98. The van der Waals surface area contributed by atoms with Gasteiger partial charge in [0.2, 0.25) is 0 Å². The Morgan fingerprint density at radius 2 is 2.00 bits per heavy atom. The molecule has 0 saturated heterocycles. The van der Waals surface area contributed by atoms with Crippen LogP contribution in [0.5, 0.6) is 5.75 Å². The SMILES string of the molecule is O=C(COc1ccc2oc3c(c2c1)CCCC3)NC1CCCC1. The van der Waals surface area contributed by atoms with Crippen LogP contribution in [0, 0.1) is 0 Å². The van der Waals surface area contributed by atoms with Gasteiger partial charge in [-0.25, -0.2) is 0 Å². The molecule has 1 saturated carbocycles. The summed E-state index contributed by atoms with van der Waals surface area (Å²) in [4.78, 5) is 12.0. The second kappa shape index (κ2) is 6.26. The van der Waals surface area contributed by atoms with E-state index in [2.05, 4.69) is 5.32 Å². The van der Waals surface area contributed by atoms with E-state index in [0.29, 0.717) is 6.04 Å². The van der Waals surface area contributed by atoms with Crippen molar-refractivity contribution in [2.45, 2.75) is 57.4 Å². The van der Waals surface area contributed by atoms with Gasteiger partial charge in [0.15, 0.2) is 6.61 Å². The second-order valence-electron chi connectivity index (χ2n) is 6.71. The molecule has 1 heterocycles. The molecular weight excluding hydrogens is 290 g/mol. The van der Waals surface area contributed by atoms with Crippen LogP contribution in [0.2, 0.25) is 0 Å². The first kappa shape index (κ1) is 14.6. The van der Waals surface area contributed by atoms with E-state index in [9.17, 15) is 4.79 Å². The number of ether oxygens (including phenoxy) is 1. The van der Waals surface area contributed by atoms with Crippen LogP contribution >= 0.6 is 0 Å². The summed E-state index contributed by atoms with van der Waals surface area (Å²) in [6.07, 6.45) is 9.16.